The Bertz CT molecular complexity index is 443. The summed E-state index contributed by atoms with van der Waals surface area (Å²) in [6.07, 6.45) is 1.89. The maximum absolute atomic E-state index is 5.74. The summed E-state index contributed by atoms with van der Waals surface area (Å²) in [4.78, 5) is 0. The van der Waals surface area contributed by atoms with Crippen molar-refractivity contribution in [2.45, 2.75) is 20.4 Å². The van der Waals surface area contributed by atoms with Crippen molar-refractivity contribution in [3.05, 3.63) is 24.4 Å². The molecule has 0 saturated heterocycles. The van der Waals surface area contributed by atoms with E-state index in [1.807, 2.05) is 29.1 Å². The Balaban J connectivity index is 2.50. The van der Waals surface area contributed by atoms with E-state index in [0.717, 1.165) is 23.1 Å². The number of fused-ring (bicyclic) bond motifs is 1. The van der Waals surface area contributed by atoms with E-state index in [-0.39, 0.29) is 0 Å². The maximum Gasteiger partial charge on any atom is 0.0702 e. The van der Waals surface area contributed by atoms with Crippen LogP contribution in [0.15, 0.2) is 24.4 Å². The lowest BCUT2D eigenvalue weighted by Gasteiger charge is -2.06. The van der Waals surface area contributed by atoms with Gasteiger partial charge in [-0.05, 0) is 24.1 Å². The molecular weight excluding hydrogens is 174 g/mol. The smallest absolute Gasteiger partial charge is 0.0702 e. The van der Waals surface area contributed by atoms with Crippen molar-refractivity contribution in [2.75, 3.05) is 5.73 Å². The lowest BCUT2D eigenvalue weighted by atomic mass is 10.2. The molecule has 2 rings (SSSR count). The molecule has 0 amide bonds. The molecule has 2 N–H and O–H groups in total. The molecule has 0 saturated carbocycles. The van der Waals surface area contributed by atoms with Crippen LogP contribution in [-0.4, -0.2) is 9.78 Å². The predicted octanol–water partition coefficient (Wildman–Crippen LogP) is 2.27. The number of nitrogens with two attached hydrogens (primary N) is 1. The minimum Gasteiger partial charge on any atom is -0.399 e. The molecule has 1 aromatic heterocycles. The van der Waals surface area contributed by atoms with Crippen molar-refractivity contribution in [3.63, 3.8) is 0 Å². The Morgan fingerprint density at radius 3 is 2.93 bits per heavy atom. The highest BCUT2D eigenvalue weighted by Crippen LogP contribution is 2.17. The topological polar surface area (TPSA) is 43.8 Å². The lowest BCUT2D eigenvalue weighted by Crippen LogP contribution is -2.05. The van der Waals surface area contributed by atoms with Crippen LogP contribution in [0.1, 0.15) is 13.8 Å². The van der Waals surface area contributed by atoms with E-state index in [4.69, 9.17) is 5.73 Å². The van der Waals surface area contributed by atoms with E-state index in [2.05, 4.69) is 18.9 Å². The van der Waals surface area contributed by atoms with Gasteiger partial charge in [0.2, 0.25) is 0 Å². The molecule has 0 aliphatic heterocycles. The van der Waals surface area contributed by atoms with Crippen LogP contribution in [0.3, 0.4) is 0 Å². The normalized spacial score (nSPS) is 11.4. The summed E-state index contributed by atoms with van der Waals surface area (Å²) >= 11 is 0. The largest absolute Gasteiger partial charge is 0.399 e. The Morgan fingerprint density at radius 2 is 2.21 bits per heavy atom. The molecule has 3 nitrogen and oxygen atoms in total. The zero-order valence-corrected chi connectivity index (χ0v) is 8.57. The third kappa shape index (κ3) is 1.58. The minimum absolute atomic E-state index is 0.597. The molecule has 0 fully saturated rings. The fourth-order valence-corrected chi connectivity index (χ4v) is 1.58. The Morgan fingerprint density at radius 1 is 1.43 bits per heavy atom. The third-order valence-electron chi connectivity index (χ3n) is 2.21. The van der Waals surface area contributed by atoms with Gasteiger partial charge in [0, 0.05) is 17.6 Å². The Kier molecular flexibility index (Phi) is 2.15. The number of hydrogen-bond acceptors (Lipinski definition) is 2. The van der Waals surface area contributed by atoms with E-state index in [9.17, 15) is 0 Å². The number of anilines is 1. The molecule has 0 aliphatic carbocycles. The van der Waals surface area contributed by atoms with E-state index < -0.39 is 0 Å². The van der Waals surface area contributed by atoms with Gasteiger partial charge in [0.05, 0.1) is 11.7 Å². The second-order valence-corrected chi connectivity index (χ2v) is 4.04. The third-order valence-corrected chi connectivity index (χ3v) is 2.21. The lowest BCUT2D eigenvalue weighted by molar-refractivity contribution is 0.495. The highest BCUT2D eigenvalue weighted by atomic mass is 15.3. The van der Waals surface area contributed by atoms with Crippen molar-refractivity contribution < 1.29 is 0 Å². The first-order valence-corrected chi connectivity index (χ1v) is 4.88. The molecule has 0 unspecified atom stereocenters. The second-order valence-electron chi connectivity index (χ2n) is 4.04. The molecule has 74 valence electrons. The second kappa shape index (κ2) is 3.33. The van der Waals surface area contributed by atoms with Gasteiger partial charge in [-0.2, -0.15) is 5.10 Å². The zero-order valence-electron chi connectivity index (χ0n) is 8.57. The highest BCUT2D eigenvalue weighted by molar-refractivity contribution is 5.81. The van der Waals surface area contributed by atoms with Gasteiger partial charge in [-0.1, -0.05) is 13.8 Å². The average molecular weight is 189 g/mol. The summed E-state index contributed by atoms with van der Waals surface area (Å²) < 4.78 is 2.01. The van der Waals surface area contributed by atoms with E-state index in [1.54, 1.807) is 0 Å². The van der Waals surface area contributed by atoms with E-state index in [0.29, 0.717) is 5.92 Å². The van der Waals surface area contributed by atoms with Crippen molar-refractivity contribution >= 4 is 16.6 Å². The van der Waals surface area contributed by atoms with Gasteiger partial charge < -0.3 is 5.73 Å². The number of rotatable bonds is 2. The molecule has 1 aromatic carbocycles. The average Bonchev–Trinajstić information content (AvgIpc) is 2.47. The number of benzene rings is 1. The molecule has 0 spiro atoms. The van der Waals surface area contributed by atoms with Crippen LogP contribution < -0.4 is 5.73 Å². The molecule has 0 atom stereocenters. The van der Waals surface area contributed by atoms with Crippen LogP contribution in [0.25, 0.3) is 10.9 Å². The van der Waals surface area contributed by atoms with Crippen molar-refractivity contribution in [2.24, 2.45) is 5.92 Å². The minimum atomic E-state index is 0.597. The van der Waals surface area contributed by atoms with Crippen LogP contribution in [0.5, 0.6) is 0 Å². The molecule has 0 radical (unpaired) electrons. The maximum atomic E-state index is 5.74. The number of nitrogens with zero attached hydrogens (tertiary/aromatic N) is 2. The molecule has 14 heavy (non-hydrogen) atoms. The van der Waals surface area contributed by atoms with Gasteiger partial charge in [-0.25, -0.2) is 0 Å². The molecule has 0 bridgehead atoms. The van der Waals surface area contributed by atoms with E-state index >= 15 is 0 Å². The first-order chi connectivity index (χ1) is 6.66. The number of nitrogen functional groups attached to an aromatic ring is 1. The van der Waals surface area contributed by atoms with Crippen LogP contribution in [-0.2, 0) is 6.54 Å². The van der Waals surface area contributed by atoms with Crippen LogP contribution in [0.4, 0.5) is 5.69 Å². The standard InChI is InChI=1S/C11H15N3/c1-8(2)7-14-11-5-10(12)4-3-9(11)6-13-14/h3-6,8H,7,12H2,1-2H3. The molecule has 2 aromatic rings. The molecule has 3 heteroatoms. The SMILES string of the molecule is CC(C)Cn1ncc2ccc(N)cc21. The summed E-state index contributed by atoms with van der Waals surface area (Å²) in [5, 5.41) is 5.49. The van der Waals surface area contributed by atoms with Crippen LogP contribution in [0.2, 0.25) is 0 Å². The summed E-state index contributed by atoms with van der Waals surface area (Å²) in [6.45, 7) is 5.30. The fraction of sp³-hybridized carbons (Fsp3) is 0.364. The van der Waals surface area contributed by atoms with Gasteiger partial charge in [0.1, 0.15) is 0 Å². The summed E-state index contributed by atoms with van der Waals surface area (Å²) in [6, 6.07) is 5.89. The van der Waals surface area contributed by atoms with E-state index in [1.165, 1.54) is 0 Å². The molecule has 0 aliphatic rings. The van der Waals surface area contributed by atoms with Gasteiger partial charge in [0.15, 0.2) is 0 Å². The number of aromatic nitrogens is 2. The quantitative estimate of drug-likeness (QED) is 0.736. The van der Waals surface area contributed by atoms with Gasteiger partial charge >= 0.3 is 0 Å². The highest BCUT2D eigenvalue weighted by Gasteiger charge is 2.04. The molecule has 1 heterocycles. The first kappa shape index (κ1) is 9.06. The van der Waals surface area contributed by atoms with Gasteiger partial charge in [-0.15, -0.1) is 0 Å². The molecular formula is C11H15N3. The van der Waals surface area contributed by atoms with Crippen molar-refractivity contribution in [3.8, 4) is 0 Å². The van der Waals surface area contributed by atoms with Crippen molar-refractivity contribution in [1.29, 1.82) is 0 Å². The van der Waals surface area contributed by atoms with Crippen LogP contribution in [0, 0.1) is 5.92 Å². The van der Waals surface area contributed by atoms with Crippen molar-refractivity contribution in [1.82, 2.24) is 9.78 Å². The van der Waals surface area contributed by atoms with Gasteiger partial charge in [0.25, 0.3) is 0 Å². The predicted molar refractivity (Wildman–Crippen MR) is 59.0 cm³/mol. The van der Waals surface area contributed by atoms with Crippen LogP contribution >= 0.6 is 0 Å². The summed E-state index contributed by atoms with van der Waals surface area (Å²) in [5.41, 5.74) is 7.66. The van der Waals surface area contributed by atoms with Gasteiger partial charge in [-0.3, -0.25) is 4.68 Å². The fourth-order valence-electron chi connectivity index (χ4n) is 1.58. The summed E-state index contributed by atoms with van der Waals surface area (Å²) in [5.74, 6) is 0.597. The summed E-state index contributed by atoms with van der Waals surface area (Å²) in [7, 11) is 0. The number of hydrogen-bond donors (Lipinski definition) is 1. The first-order valence-electron chi connectivity index (χ1n) is 4.88. The monoisotopic (exact) mass is 189 g/mol. The Labute approximate surface area is 83.5 Å². The zero-order chi connectivity index (χ0) is 10.1. The Hall–Kier alpha value is -1.51.